The molecule has 0 saturated carbocycles. The Morgan fingerprint density at radius 3 is 2.77 bits per heavy atom. The molecule has 0 aliphatic heterocycles. The summed E-state index contributed by atoms with van der Waals surface area (Å²) in [7, 11) is 1.54. The summed E-state index contributed by atoms with van der Waals surface area (Å²) in [5.74, 6) is 0.192. The quantitative estimate of drug-likeness (QED) is 0.557. The summed E-state index contributed by atoms with van der Waals surface area (Å²) >= 11 is 5.65. The number of rotatable bonds is 8. The van der Waals surface area contributed by atoms with Gasteiger partial charge in [-0.2, -0.15) is 0 Å². The average molecular weight is 381 g/mol. The molecule has 8 heteroatoms. The highest BCUT2D eigenvalue weighted by Gasteiger charge is 2.06. The van der Waals surface area contributed by atoms with Gasteiger partial charge in [-0.1, -0.05) is 16.8 Å². The fraction of sp³-hybridized carbons (Fsp3) is 0.222. The molecule has 0 unspecified atom stereocenters. The lowest BCUT2D eigenvalue weighted by atomic mass is 10.2. The maximum atomic E-state index is 13.1. The number of carbonyl (C=O) groups excluding carboxylic acids is 1. The molecule has 0 aliphatic rings. The van der Waals surface area contributed by atoms with Crippen molar-refractivity contribution in [1.82, 2.24) is 0 Å². The van der Waals surface area contributed by atoms with E-state index < -0.39 is 11.7 Å². The molecule has 2 aromatic rings. The zero-order chi connectivity index (χ0) is 18.9. The molecule has 0 bridgehead atoms. The Bertz CT molecular complexity index is 799. The van der Waals surface area contributed by atoms with Crippen molar-refractivity contribution in [2.45, 2.75) is 6.92 Å². The highest BCUT2D eigenvalue weighted by molar-refractivity contribution is 6.31. The molecule has 0 atom stereocenters. The van der Waals surface area contributed by atoms with E-state index in [4.69, 9.17) is 25.9 Å². The number of carbonyl (C=O) groups is 1. The summed E-state index contributed by atoms with van der Waals surface area (Å²) in [6.07, 6.45) is 1.44. The van der Waals surface area contributed by atoms with Crippen LogP contribution in [-0.4, -0.2) is 32.4 Å². The Kier molecular flexibility index (Phi) is 7.23. The summed E-state index contributed by atoms with van der Waals surface area (Å²) < 4.78 is 23.7. The molecule has 2 rings (SSSR count). The van der Waals surface area contributed by atoms with Crippen LogP contribution in [0.1, 0.15) is 12.5 Å². The van der Waals surface area contributed by atoms with Gasteiger partial charge in [0.05, 0.1) is 25.0 Å². The van der Waals surface area contributed by atoms with E-state index in [-0.39, 0.29) is 11.6 Å². The van der Waals surface area contributed by atoms with E-state index in [2.05, 4.69) is 10.5 Å². The SMILES string of the molecule is CCOc1ccc(/C=N/OCC(=O)Nc2ccc(F)c(Cl)c2)cc1OC. The molecule has 0 spiro atoms. The average Bonchev–Trinajstić information content (AvgIpc) is 2.63. The van der Waals surface area contributed by atoms with Crippen LogP contribution in [0.2, 0.25) is 5.02 Å². The molecule has 138 valence electrons. The molecule has 2 aromatic carbocycles. The number of nitrogens with zero attached hydrogens (tertiary/aromatic N) is 1. The van der Waals surface area contributed by atoms with E-state index in [1.165, 1.54) is 18.3 Å². The minimum atomic E-state index is -0.559. The van der Waals surface area contributed by atoms with Crippen LogP contribution in [0.4, 0.5) is 10.1 Å². The van der Waals surface area contributed by atoms with E-state index in [1.807, 2.05) is 6.92 Å². The van der Waals surface area contributed by atoms with Gasteiger partial charge in [0.25, 0.3) is 5.91 Å². The van der Waals surface area contributed by atoms with Crippen LogP contribution in [0.25, 0.3) is 0 Å². The van der Waals surface area contributed by atoms with Crippen LogP contribution in [-0.2, 0) is 9.63 Å². The molecule has 1 N–H and O–H groups in total. The van der Waals surface area contributed by atoms with Crippen LogP contribution < -0.4 is 14.8 Å². The summed E-state index contributed by atoms with van der Waals surface area (Å²) in [6.45, 7) is 2.11. The van der Waals surface area contributed by atoms with Crippen molar-refractivity contribution in [3.05, 3.63) is 52.8 Å². The maximum Gasteiger partial charge on any atom is 0.265 e. The highest BCUT2D eigenvalue weighted by Crippen LogP contribution is 2.27. The number of ether oxygens (including phenoxy) is 2. The van der Waals surface area contributed by atoms with Crippen molar-refractivity contribution < 1.29 is 23.5 Å². The van der Waals surface area contributed by atoms with Crippen LogP contribution >= 0.6 is 11.6 Å². The third-order valence-corrected chi connectivity index (χ3v) is 3.45. The number of benzene rings is 2. The molecule has 0 aliphatic carbocycles. The summed E-state index contributed by atoms with van der Waals surface area (Å²) in [5.41, 5.74) is 1.08. The van der Waals surface area contributed by atoms with Crippen molar-refractivity contribution in [1.29, 1.82) is 0 Å². The van der Waals surface area contributed by atoms with Crippen molar-refractivity contribution in [2.75, 3.05) is 25.6 Å². The van der Waals surface area contributed by atoms with E-state index in [1.54, 1.807) is 25.3 Å². The number of methoxy groups -OCH3 is 1. The number of anilines is 1. The molecular weight excluding hydrogens is 363 g/mol. The normalized spacial score (nSPS) is 10.6. The van der Waals surface area contributed by atoms with Crippen molar-refractivity contribution in [2.24, 2.45) is 5.16 Å². The molecule has 1 amide bonds. The Morgan fingerprint density at radius 1 is 1.27 bits per heavy atom. The van der Waals surface area contributed by atoms with Crippen LogP contribution in [0.5, 0.6) is 11.5 Å². The molecule has 0 aromatic heterocycles. The maximum absolute atomic E-state index is 13.1. The first-order valence-electron chi connectivity index (χ1n) is 7.74. The van der Waals surface area contributed by atoms with Gasteiger partial charge in [0, 0.05) is 11.3 Å². The third-order valence-electron chi connectivity index (χ3n) is 3.16. The predicted molar refractivity (Wildman–Crippen MR) is 97.7 cm³/mol. The lowest BCUT2D eigenvalue weighted by Gasteiger charge is -2.09. The molecule has 0 fully saturated rings. The largest absolute Gasteiger partial charge is 0.493 e. The fourth-order valence-corrected chi connectivity index (χ4v) is 2.18. The van der Waals surface area contributed by atoms with Crippen molar-refractivity contribution in [3.8, 4) is 11.5 Å². The number of hydrogen-bond acceptors (Lipinski definition) is 5. The van der Waals surface area contributed by atoms with Gasteiger partial charge in [-0.15, -0.1) is 0 Å². The van der Waals surface area contributed by atoms with Gasteiger partial charge in [-0.3, -0.25) is 4.79 Å². The van der Waals surface area contributed by atoms with E-state index in [0.717, 1.165) is 11.6 Å². The van der Waals surface area contributed by atoms with E-state index >= 15 is 0 Å². The zero-order valence-corrected chi connectivity index (χ0v) is 15.0. The van der Waals surface area contributed by atoms with Gasteiger partial charge in [0.1, 0.15) is 5.82 Å². The second-order valence-corrected chi connectivity index (χ2v) is 5.44. The molecule has 0 saturated heterocycles. The number of halogens is 2. The van der Waals surface area contributed by atoms with Gasteiger partial charge in [-0.05, 0) is 43.3 Å². The second kappa shape index (κ2) is 9.62. The number of amides is 1. The lowest BCUT2D eigenvalue weighted by Crippen LogP contribution is -2.17. The number of oxime groups is 1. The summed E-state index contributed by atoms with van der Waals surface area (Å²) in [6, 6.07) is 9.14. The lowest BCUT2D eigenvalue weighted by molar-refractivity contribution is -0.120. The minimum absolute atomic E-state index is 0.0776. The van der Waals surface area contributed by atoms with Gasteiger partial charge < -0.3 is 19.6 Å². The Hall–Kier alpha value is -2.80. The topological polar surface area (TPSA) is 69.2 Å². The minimum Gasteiger partial charge on any atom is -0.493 e. The Labute approximate surface area is 155 Å². The highest BCUT2D eigenvalue weighted by atomic mass is 35.5. The van der Waals surface area contributed by atoms with Gasteiger partial charge >= 0.3 is 0 Å². The van der Waals surface area contributed by atoms with E-state index in [9.17, 15) is 9.18 Å². The van der Waals surface area contributed by atoms with Crippen LogP contribution in [0.3, 0.4) is 0 Å². The molecular formula is C18H18ClFN2O4. The predicted octanol–water partition coefficient (Wildman–Crippen LogP) is 3.88. The molecule has 0 heterocycles. The molecule has 26 heavy (non-hydrogen) atoms. The van der Waals surface area contributed by atoms with Crippen molar-refractivity contribution in [3.63, 3.8) is 0 Å². The summed E-state index contributed by atoms with van der Waals surface area (Å²) in [5, 5.41) is 6.18. The first kappa shape index (κ1) is 19.5. The van der Waals surface area contributed by atoms with Crippen LogP contribution in [0.15, 0.2) is 41.6 Å². The standard InChI is InChI=1S/C18H18ClFN2O4/c1-3-25-16-7-4-12(8-17(16)24-2)10-21-26-11-18(23)22-13-5-6-15(20)14(19)9-13/h4-10H,3,11H2,1-2H3,(H,22,23)/b21-10+. The first-order valence-corrected chi connectivity index (χ1v) is 8.12. The Morgan fingerprint density at radius 2 is 2.08 bits per heavy atom. The van der Waals surface area contributed by atoms with Gasteiger partial charge in [0.2, 0.25) is 0 Å². The zero-order valence-electron chi connectivity index (χ0n) is 14.3. The van der Waals surface area contributed by atoms with E-state index in [0.29, 0.717) is 23.8 Å². The molecule has 6 nitrogen and oxygen atoms in total. The van der Waals surface area contributed by atoms with Gasteiger partial charge in [0.15, 0.2) is 18.1 Å². The smallest absolute Gasteiger partial charge is 0.265 e. The third kappa shape index (κ3) is 5.63. The van der Waals surface area contributed by atoms with Crippen molar-refractivity contribution >= 4 is 29.4 Å². The van der Waals surface area contributed by atoms with Gasteiger partial charge in [-0.25, -0.2) is 4.39 Å². The monoisotopic (exact) mass is 380 g/mol. The second-order valence-electron chi connectivity index (χ2n) is 5.03. The molecule has 0 radical (unpaired) electrons. The number of hydrogen-bond donors (Lipinski definition) is 1. The summed E-state index contributed by atoms with van der Waals surface area (Å²) in [4.78, 5) is 16.7. The Balaban J connectivity index is 1.86. The number of nitrogens with one attached hydrogen (secondary N) is 1. The first-order chi connectivity index (χ1) is 12.5. The van der Waals surface area contributed by atoms with Crippen LogP contribution in [0, 0.1) is 5.82 Å². The fourth-order valence-electron chi connectivity index (χ4n) is 2.00.